The number of hydrogen-bond donors (Lipinski definition) is 1. The van der Waals surface area contributed by atoms with Crippen molar-refractivity contribution in [3.63, 3.8) is 0 Å². The van der Waals surface area contributed by atoms with E-state index in [0.29, 0.717) is 18.4 Å². The van der Waals surface area contributed by atoms with Crippen LogP contribution in [0.25, 0.3) is 10.9 Å². The molecule has 4 nitrogen and oxygen atoms in total. The Morgan fingerprint density at radius 3 is 2.81 bits per heavy atom. The molecule has 0 unspecified atom stereocenters. The smallest absolute Gasteiger partial charge is 0.146 e. The molecule has 2 aromatic heterocycles. The molecule has 1 N–H and O–H groups in total. The second-order valence-corrected chi connectivity index (χ2v) is 7.16. The molecule has 0 bridgehead atoms. The molecule has 1 aromatic carbocycles. The lowest BCUT2D eigenvalue weighted by Gasteiger charge is -2.37. The van der Waals surface area contributed by atoms with Gasteiger partial charge in [-0.05, 0) is 43.5 Å². The van der Waals surface area contributed by atoms with E-state index in [9.17, 15) is 9.65 Å². The fourth-order valence-electron chi connectivity index (χ4n) is 3.99. The SMILES string of the molecule is Cc1cccc2[nH]c(CN3CCC(C#N)(c4ccncc4F)CC3)cc12. The van der Waals surface area contributed by atoms with E-state index in [2.05, 4.69) is 52.1 Å². The van der Waals surface area contributed by atoms with Crippen molar-refractivity contribution in [2.45, 2.75) is 31.7 Å². The zero-order valence-corrected chi connectivity index (χ0v) is 14.8. The van der Waals surface area contributed by atoms with Crippen molar-refractivity contribution in [3.05, 3.63) is 65.4 Å². The van der Waals surface area contributed by atoms with Crippen molar-refractivity contribution in [2.75, 3.05) is 13.1 Å². The molecule has 0 aliphatic carbocycles. The number of halogens is 1. The summed E-state index contributed by atoms with van der Waals surface area (Å²) in [4.78, 5) is 9.62. The molecule has 1 aliphatic heterocycles. The largest absolute Gasteiger partial charge is 0.357 e. The first-order valence-corrected chi connectivity index (χ1v) is 8.92. The topological polar surface area (TPSA) is 55.7 Å². The number of H-pyrrole nitrogens is 1. The Bertz CT molecular complexity index is 977. The number of piperidine rings is 1. The Hall–Kier alpha value is -2.71. The van der Waals surface area contributed by atoms with Crippen molar-refractivity contribution in [1.29, 1.82) is 5.26 Å². The molecule has 0 amide bonds. The number of nitrogens with one attached hydrogen (secondary N) is 1. The number of nitriles is 1. The lowest BCUT2D eigenvalue weighted by molar-refractivity contribution is 0.175. The first-order chi connectivity index (χ1) is 12.6. The number of likely N-dealkylation sites (tertiary alicyclic amines) is 1. The summed E-state index contributed by atoms with van der Waals surface area (Å²) in [5, 5.41) is 11.0. The van der Waals surface area contributed by atoms with Gasteiger partial charge in [-0.3, -0.25) is 9.88 Å². The molecule has 5 heteroatoms. The minimum atomic E-state index is -0.749. The summed E-state index contributed by atoms with van der Waals surface area (Å²) in [6, 6.07) is 12.5. The third-order valence-electron chi connectivity index (χ3n) is 5.54. The normalized spacial score (nSPS) is 17.3. The van der Waals surface area contributed by atoms with Crippen LogP contribution in [-0.2, 0) is 12.0 Å². The molecule has 0 radical (unpaired) electrons. The maximum Gasteiger partial charge on any atom is 0.146 e. The number of nitrogens with zero attached hydrogens (tertiary/aromatic N) is 3. The summed E-state index contributed by atoms with van der Waals surface area (Å²) >= 11 is 0. The standard InChI is InChI=1S/C21H21FN4/c1-15-3-2-4-20-17(15)11-16(25-20)13-26-9-6-21(14-23,7-10-26)18-5-8-24-12-19(18)22/h2-5,8,11-12,25H,6-7,9-10,13H2,1H3. The lowest BCUT2D eigenvalue weighted by atomic mass is 9.74. The van der Waals surface area contributed by atoms with E-state index in [0.717, 1.165) is 25.2 Å². The molecular weight excluding hydrogens is 327 g/mol. The van der Waals surface area contributed by atoms with Crippen LogP contribution in [0.4, 0.5) is 4.39 Å². The van der Waals surface area contributed by atoms with E-state index >= 15 is 0 Å². The average Bonchev–Trinajstić information content (AvgIpc) is 3.07. The highest BCUT2D eigenvalue weighted by Gasteiger charge is 2.38. The quantitative estimate of drug-likeness (QED) is 0.776. The van der Waals surface area contributed by atoms with Crippen LogP contribution in [0.15, 0.2) is 42.7 Å². The predicted molar refractivity (Wildman–Crippen MR) is 99.0 cm³/mol. The van der Waals surface area contributed by atoms with Gasteiger partial charge < -0.3 is 4.98 Å². The van der Waals surface area contributed by atoms with Crippen LogP contribution in [0.3, 0.4) is 0 Å². The van der Waals surface area contributed by atoms with Crippen LogP contribution in [0.2, 0.25) is 0 Å². The molecule has 1 aliphatic rings. The Morgan fingerprint density at radius 1 is 1.31 bits per heavy atom. The van der Waals surface area contributed by atoms with Gasteiger partial charge in [-0.2, -0.15) is 5.26 Å². The number of benzene rings is 1. The zero-order valence-electron chi connectivity index (χ0n) is 14.8. The molecule has 1 saturated heterocycles. The van der Waals surface area contributed by atoms with E-state index < -0.39 is 5.41 Å². The molecule has 0 saturated carbocycles. The fourth-order valence-corrected chi connectivity index (χ4v) is 3.99. The number of aryl methyl sites for hydroxylation is 1. The minimum Gasteiger partial charge on any atom is -0.357 e. The maximum absolute atomic E-state index is 14.2. The molecular formula is C21H21FN4. The Labute approximate surface area is 152 Å². The van der Waals surface area contributed by atoms with Gasteiger partial charge >= 0.3 is 0 Å². The Kier molecular flexibility index (Phi) is 4.21. The van der Waals surface area contributed by atoms with Crippen molar-refractivity contribution < 1.29 is 4.39 Å². The van der Waals surface area contributed by atoms with Gasteiger partial charge in [-0.25, -0.2) is 4.39 Å². The van der Waals surface area contributed by atoms with Gasteiger partial charge in [0, 0.05) is 48.0 Å². The summed E-state index contributed by atoms with van der Waals surface area (Å²) in [5.74, 6) is -0.381. The van der Waals surface area contributed by atoms with E-state index in [1.165, 1.54) is 22.8 Å². The second kappa shape index (κ2) is 6.54. The van der Waals surface area contributed by atoms with Crippen LogP contribution in [0.5, 0.6) is 0 Å². The third kappa shape index (κ3) is 2.87. The number of fused-ring (bicyclic) bond motifs is 1. The van der Waals surface area contributed by atoms with E-state index in [1.807, 2.05) is 0 Å². The average molecular weight is 348 g/mol. The monoisotopic (exact) mass is 348 g/mol. The minimum absolute atomic E-state index is 0.381. The second-order valence-electron chi connectivity index (χ2n) is 7.16. The predicted octanol–water partition coefficient (Wildman–Crippen LogP) is 4.07. The van der Waals surface area contributed by atoms with Gasteiger partial charge in [0.25, 0.3) is 0 Å². The van der Waals surface area contributed by atoms with Crippen LogP contribution >= 0.6 is 0 Å². The zero-order chi connectivity index (χ0) is 18.1. The summed E-state index contributed by atoms with van der Waals surface area (Å²) in [6.45, 7) is 4.47. The van der Waals surface area contributed by atoms with E-state index in [1.54, 1.807) is 12.3 Å². The lowest BCUT2D eigenvalue weighted by Crippen LogP contribution is -2.42. The molecule has 26 heavy (non-hydrogen) atoms. The number of rotatable bonds is 3. The molecule has 3 aromatic rings. The third-order valence-corrected chi connectivity index (χ3v) is 5.54. The molecule has 0 spiro atoms. The van der Waals surface area contributed by atoms with Crippen molar-refractivity contribution >= 4 is 10.9 Å². The highest BCUT2D eigenvalue weighted by Crippen LogP contribution is 2.36. The summed E-state index contributed by atoms with van der Waals surface area (Å²) in [7, 11) is 0. The molecule has 0 atom stereocenters. The van der Waals surface area contributed by atoms with E-state index in [-0.39, 0.29) is 5.82 Å². The van der Waals surface area contributed by atoms with Gasteiger partial charge in [0.05, 0.1) is 17.7 Å². The first kappa shape index (κ1) is 16.7. The van der Waals surface area contributed by atoms with Gasteiger partial charge in [-0.15, -0.1) is 0 Å². The highest BCUT2D eigenvalue weighted by atomic mass is 19.1. The van der Waals surface area contributed by atoms with Gasteiger partial charge in [-0.1, -0.05) is 12.1 Å². The molecule has 3 heterocycles. The summed E-state index contributed by atoms with van der Waals surface area (Å²) in [5.41, 5.74) is 3.33. The molecule has 4 rings (SSSR count). The number of aromatic nitrogens is 2. The molecule has 132 valence electrons. The van der Waals surface area contributed by atoms with Crippen LogP contribution in [0.1, 0.15) is 29.7 Å². The van der Waals surface area contributed by atoms with Crippen LogP contribution in [-0.4, -0.2) is 28.0 Å². The number of pyridine rings is 1. The molecule has 1 fully saturated rings. The Balaban J connectivity index is 1.50. The fraction of sp³-hybridized carbons (Fsp3) is 0.333. The van der Waals surface area contributed by atoms with Crippen LogP contribution < -0.4 is 0 Å². The van der Waals surface area contributed by atoms with E-state index in [4.69, 9.17) is 0 Å². The van der Waals surface area contributed by atoms with Gasteiger partial charge in [0.1, 0.15) is 5.82 Å². The van der Waals surface area contributed by atoms with Gasteiger partial charge in [0.15, 0.2) is 0 Å². The van der Waals surface area contributed by atoms with Crippen LogP contribution in [0, 0.1) is 24.1 Å². The highest BCUT2D eigenvalue weighted by molar-refractivity contribution is 5.83. The van der Waals surface area contributed by atoms with Crippen molar-refractivity contribution in [2.24, 2.45) is 0 Å². The maximum atomic E-state index is 14.2. The van der Waals surface area contributed by atoms with Gasteiger partial charge in [0.2, 0.25) is 0 Å². The summed E-state index contributed by atoms with van der Waals surface area (Å²) in [6.07, 6.45) is 4.03. The van der Waals surface area contributed by atoms with Crippen molar-refractivity contribution in [3.8, 4) is 6.07 Å². The first-order valence-electron chi connectivity index (χ1n) is 8.92. The Morgan fingerprint density at radius 2 is 2.12 bits per heavy atom. The van der Waals surface area contributed by atoms with Crippen molar-refractivity contribution in [1.82, 2.24) is 14.9 Å². The number of hydrogen-bond acceptors (Lipinski definition) is 3. The number of aromatic amines is 1. The summed E-state index contributed by atoms with van der Waals surface area (Å²) < 4.78 is 14.2.